The largest absolute Gasteiger partial charge is 0.371 e. The monoisotopic (exact) mass is 422 g/mol. The molecule has 0 aromatic heterocycles. The van der Waals surface area contributed by atoms with Gasteiger partial charge in [-0.1, -0.05) is 11.6 Å². The molecular weight excluding hydrogens is 400 g/mol. The van der Waals surface area contributed by atoms with Crippen LogP contribution in [0.2, 0.25) is 5.02 Å². The summed E-state index contributed by atoms with van der Waals surface area (Å²) in [5.41, 5.74) is 2.52. The van der Waals surface area contributed by atoms with E-state index in [9.17, 15) is 9.59 Å². The topological polar surface area (TPSA) is 76.4 Å². The molecule has 2 aromatic rings. The van der Waals surface area contributed by atoms with E-state index in [-0.39, 0.29) is 30.2 Å². The maximum absolute atomic E-state index is 12.8. The average molecular weight is 423 g/mol. The maximum Gasteiger partial charge on any atom is 0.227 e. The molecule has 2 heterocycles. The van der Waals surface area contributed by atoms with E-state index in [0.29, 0.717) is 17.1 Å². The fourth-order valence-electron chi connectivity index (χ4n) is 4.10. The van der Waals surface area contributed by atoms with Gasteiger partial charge >= 0.3 is 0 Å². The second-order valence-corrected chi connectivity index (χ2v) is 8.25. The van der Waals surface area contributed by atoms with Crippen molar-refractivity contribution >= 4 is 34.8 Å². The zero-order valence-corrected chi connectivity index (χ0v) is 17.3. The Hall–Kier alpha value is -3.04. The van der Waals surface area contributed by atoms with Crippen molar-refractivity contribution in [1.29, 1.82) is 5.26 Å². The van der Waals surface area contributed by atoms with Crippen LogP contribution in [-0.2, 0) is 9.59 Å². The Morgan fingerprint density at radius 3 is 2.30 bits per heavy atom. The summed E-state index contributed by atoms with van der Waals surface area (Å²) in [6, 6.07) is 16.9. The average Bonchev–Trinajstić information content (AvgIpc) is 3.17. The van der Waals surface area contributed by atoms with Gasteiger partial charge in [0.1, 0.15) is 0 Å². The van der Waals surface area contributed by atoms with E-state index in [1.54, 1.807) is 29.2 Å². The molecule has 4 rings (SSSR count). The van der Waals surface area contributed by atoms with Crippen LogP contribution in [0.5, 0.6) is 0 Å². The van der Waals surface area contributed by atoms with Gasteiger partial charge in [-0.3, -0.25) is 9.59 Å². The number of rotatable bonds is 4. The van der Waals surface area contributed by atoms with E-state index in [1.807, 2.05) is 24.3 Å². The summed E-state index contributed by atoms with van der Waals surface area (Å²) in [5.74, 6) is -0.408. The Kier molecular flexibility index (Phi) is 5.91. The third kappa shape index (κ3) is 4.42. The predicted molar refractivity (Wildman–Crippen MR) is 116 cm³/mol. The van der Waals surface area contributed by atoms with Gasteiger partial charge in [0.05, 0.1) is 17.6 Å². The van der Waals surface area contributed by atoms with Crippen molar-refractivity contribution in [3.05, 3.63) is 59.1 Å². The van der Waals surface area contributed by atoms with E-state index in [0.717, 1.165) is 37.3 Å². The minimum absolute atomic E-state index is 0.0342. The zero-order chi connectivity index (χ0) is 21.1. The van der Waals surface area contributed by atoms with Crippen LogP contribution in [-0.4, -0.2) is 37.5 Å². The lowest BCUT2D eigenvalue weighted by molar-refractivity contribution is -0.127. The molecule has 0 aliphatic carbocycles. The lowest BCUT2D eigenvalue weighted by Gasteiger charge is -2.34. The van der Waals surface area contributed by atoms with Crippen molar-refractivity contribution in [2.45, 2.75) is 25.3 Å². The summed E-state index contributed by atoms with van der Waals surface area (Å²) in [6.07, 6.45) is 1.94. The van der Waals surface area contributed by atoms with Crippen LogP contribution in [0.4, 0.5) is 11.4 Å². The number of nitriles is 1. The number of carbonyl (C=O) groups excluding carboxylic acids is 2. The molecule has 6 nitrogen and oxygen atoms in total. The highest BCUT2D eigenvalue weighted by atomic mass is 35.5. The third-order valence-corrected chi connectivity index (χ3v) is 6.09. The normalized spacial score (nSPS) is 19.6. The maximum atomic E-state index is 12.8. The highest BCUT2D eigenvalue weighted by Crippen LogP contribution is 2.27. The second-order valence-electron chi connectivity index (χ2n) is 7.81. The molecule has 2 saturated heterocycles. The van der Waals surface area contributed by atoms with Crippen LogP contribution in [0.1, 0.15) is 24.8 Å². The molecule has 2 fully saturated rings. The Bertz CT molecular complexity index is 960. The van der Waals surface area contributed by atoms with E-state index >= 15 is 0 Å². The molecular formula is C23H23ClN4O2. The molecule has 0 radical (unpaired) electrons. The predicted octanol–water partition coefficient (Wildman–Crippen LogP) is 3.35. The highest BCUT2D eigenvalue weighted by Gasteiger charge is 2.36. The highest BCUT2D eigenvalue weighted by molar-refractivity contribution is 6.30. The van der Waals surface area contributed by atoms with E-state index in [1.165, 1.54) is 0 Å². The first-order valence-corrected chi connectivity index (χ1v) is 10.5. The third-order valence-electron chi connectivity index (χ3n) is 5.84. The summed E-state index contributed by atoms with van der Waals surface area (Å²) in [6.45, 7) is 2.09. The van der Waals surface area contributed by atoms with Crippen LogP contribution >= 0.6 is 11.6 Å². The van der Waals surface area contributed by atoms with Gasteiger partial charge in [-0.2, -0.15) is 5.26 Å². The van der Waals surface area contributed by atoms with Gasteiger partial charge in [-0.25, -0.2) is 0 Å². The fraction of sp³-hybridized carbons (Fsp3) is 0.348. The summed E-state index contributed by atoms with van der Waals surface area (Å²) in [4.78, 5) is 29.1. The summed E-state index contributed by atoms with van der Waals surface area (Å²) >= 11 is 5.92. The first kappa shape index (κ1) is 20.2. The van der Waals surface area contributed by atoms with Crippen LogP contribution in [0, 0.1) is 17.2 Å². The first-order chi connectivity index (χ1) is 14.5. The van der Waals surface area contributed by atoms with Crippen LogP contribution in [0.15, 0.2) is 48.5 Å². The Morgan fingerprint density at radius 1 is 1.03 bits per heavy atom. The van der Waals surface area contributed by atoms with Gasteiger partial charge in [0, 0.05) is 48.5 Å². The Labute approximate surface area is 181 Å². The van der Waals surface area contributed by atoms with Gasteiger partial charge in [-0.05, 0) is 61.4 Å². The minimum Gasteiger partial charge on any atom is -0.371 e. The van der Waals surface area contributed by atoms with Gasteiger partial charge in [0.15, 0.2) is 0 Å². The molecule has 0 bridgehead atoms. The van der Waals surface area contributed by atoms with Gasteiger partial charge in [-0.15, -0.1) is 0 Å². The SMILES string of the molecule is N#Cc1ccc(N2CCC(NC(=O)C3CC(=O)N(c4ccc(Cl)cc4)C3)CC2)cc1. The number of anilines is 2. The zero-order valence-electron chi connectivity index (χ0n) is 16.6. The molecule has 1 atom stereocenters. The molecule has 0 saturated carbocycles. The number of piperidine rings is 1. The summed E-state index contributed by atoms with van der Waals surface area (Å²) < 4.78 is 0. The van der Waals surface area contributed by atoms with E-state index in [2.05, 4.69) is 16.3 Å². The number of benzene rings is 2. The number of nitrogens with zero attached hydrogens (tertiary/aromatic N) is 3. The molecule has 2 aliphatic heterocycles. The molecule has 2 amide bonds. The molecule has 1 unspecified atom stereocenters. The van der Waals surface area contributed by atoms with Crippen LogP contribution in [0.3, 0.4) is 0 Å². The molecule has 1 N–H and O–H groups in total. The molecule has 2 aliphatic rings. The first-order valence-electron chi connectivity index (χ1n) is 10.1. The van der Waals surface area contributed by atoms with E-state index < -0.39 is 0 Å². The lowest BCUT2D eigenvalue weighted by Crippen LogP contribution is -2.46. The number of amides is 2. The van der Waals surface area contributed by atoms with Crippen molar-refractivity contribution < 1.29 is 9.59 Å². The number of hydrogen-bond donors (Lipinski definition) is 1. The molecule has 0 spiro atoms. The number of hydrogen-bond acceptors (Lipinski definition) is 4. The van der Waals surface area contributed by atoms with Crippen LogP contribution in [0.25, 0.3) is 0 Å². The van der Waals surface area contributed by atoms with Crippen molar-refractivity contribution in [1.82, 2.24) is 5.32 Å². The van der Waals surface area contributed by atoms with Gasteiger partial charge in [0.25, 0.3) is 0 Å². The number of nitrogens with one attached hydrogen (secondary N) is 1. The molecule has 7 heteroatoms. The Morgan fingerprint density at radius 2 is 1.67 bits per heavy atom. The summed E-state index contributed by atoms with van der Waals surface area (Å²) in [7, 11) is 0. The molecule has 154 valence electrons. The summed E-state index contributed by atoms with van der Waals surface area (Å²) in [5, 5.41) is 12.7. The van der Waals surface area contributed by atoms with Crippen LogP contribution < -0.4 is 15.1 Å². The van der Waals surface area contributed by atoms with Gasteiger partial charge in [0.2, 0.25) is 11.8 Å². The standard InChI is InChI=1S/C23H23ClN4O2/c24-18-3-7-21(8-4-18)28-15-17(13-22(28)29)23(30)26-19-9-11-27(12-10-19)20-5-1-16(14-25)2-6-20/h1-8,17,19H,9-13,15H2,(H,26,30). The molecule has 30 heavy (non-hydrogen) atoms. The lowest BCUT2D eigenvalue weighted by atomic mass is 10.0. The number of carbonyl (C=O) groups is 2. The van der Waals surface area contributed by atoms with Crippen molar-refractivity contribution in [3.8, 4) is 6.07 Å². The number of halogens is 1. The van der Waals surface area contributed by atoms with Crippen molar-refractivity contribution in [2.24, 2.45) is 5.92 Å². The molecule has 2 aromatic carbocycles. The fourth-order valence-corrected chi connectivity index (χ4v) is 4.23. The van der Waals surface area contributed by atoms with Gasteiger partial charge < -0.3 is 15.1 Å². The van der Waals surface area contributed by atoms with Crippen molar-refractivity contribution in [3.63, 3.8) is 0 Å². The Balaban J connectivity index is 1.29. The second kappa shape index (κ2) is 8.76. The van der Waals surface area contributed by atoms with E-state index in [4.69, 9.17) is 16.9 Å². The quantitative estimate of drug-likeness (QED) is 0.819. The smallest absolute Gasteiger partial charge is 0.227 e. The van der Waals surface area contributed by atoms with Crippen molar-refractivity contribution in [2.75, 3.05) is 29.4 Å². The minimum atomic E-state index is -0.329.